The van der Waals surface area contributed by atoms with Crippen molar-refractivity contribution in [2.45, 2.75) is 45.9 Å². The summed E-state index contributed by atoms with van der Waals surface area (Å²) in [6.07, 6.45) is -1.17. The second-order valence-corrected chi connectivity index (χ2v) is 8.20. The van der Waals surface area contributed by atoms with Gasteiger partial charge < -0.3 is 25.4 Å². The largest absolute Gasteiger partial charge is 0.445 e. The molecule has 0 unspecified atom stereocenters. The van der Waals surface area contributed by atoms with Gasteiger partial charge in [0, 0.05) is 13.1 Å². The summed E-state index contributed by atoms with van der Waals surface area (Å²) in [6, 6.07) is 18.2. The van der Waals surface area contributed by atoms with Crippen LogP contribution >= 0.6 is 0 Å². The van der Waals surface area contributed by atoms with E-state index in [1.807, 2.05) is 81.4 Å². The number of nitrogens with zero attached hydrogens (tertiary/aromatic N) is 1. The van der Waals surface area contributed by atoms with Gasteiger partial charge in [-0.05, 0) is 30.4 Å². The molecule has 0 fully saturated rings. The van der Waals surface area contributed by atoms with Gasteiger partial charge in [-0.2, -0.15) is 0 Å². The van der Waals surface area contributed by atoms with Crippen LogP contribution in [0.4, 0.5) is 9.59 Å². The maximum Gasteiger partial charge on any atom is 0.407 e. The van der Waals surface area contributed by atoms with E-state index in [1.54, 1.807) is 4.90 Å². The third kappa shape index (κ3) is 8.98. The van der Waals surface area contributed by atoms with E-state index in [0.717, 1.165) is 11.1 Å². The molecule has 0 heterocycles. The van der Waals surface area contributed by atoms with Crippen LogP contribution in [-0.4, -0.2) is 53.9 Å². The molecule has 2 aromatic rings. The van der Waals surface area contributed by atoms with Crippen LogP contribution < -0.4 is 10.6 Å². The van der Waals surface area contributed by atoms with Crippen molar-refractivity contribution in [3.05, 3.63) is 71.8 Å². The van der Waals surface area contributed by atoms with Crippen LogP contribution in [0.3, 0.4) is 0 Å². The highest BCUT2D eigenvalue weighted by atomic mass is 16.5. The van der Waals surface area contributed by atoms with Crippen LogP contribution in [0, 0.1) is 5.92 Å². The lowest BCUT2D eigenvalue weighted by Crippen LogP contribution is -2.52. The van der Waals surface area contributed by atoms with Gasteiger partial charge in [-0.3, -0.25) is 0 Å². The summed E-state index contributed by atoms with van der Waals surface area (Å²) in [5.74, 6) is 0.237. The summed E-state index contributed by atoms with van der Waals surface area (Å²) in [5.41, 5.74) is 1.84. The smallest absolute Gasteiger partial charge is 0.407 e. The van der Waals surface area contributed by atoms with Gasteiger partial charge >= 0.3 is 12.1 Å². The molecule has 0 bridgehead atoms. The van der Waals surface area contributed by atoms with Crippen LogP contribution in [0.1, 0.15) is 31.9 Å². The lowest BCUT2D eigenvalue weighted by Gasteiger charge is -2.31. The molecule has 0 aliphatic rings. The number of hydrogen-bond acceptors (Lipinski definition) is 4. The second-order valence-electron chi connectivity index (χ2n) is 8.20. The first kappa shape index (κ1) is 25.2. The monoisotopic (exact) mass is 441 g/mol. The molecular formula is C25H35N3O4. The number of alkyl carbamates (subject to hydrolysis) is 1. The van der Waals surface area contributed by atoms with Crippen molar-refractivity contribution in [1.29, 1.82) is 0 Å². The van der Waals surface area contributed by atoms with Gasteiger partial charge in [0.25, 0.3) is 0 Å². The Morgan fingerprint density at radius 3 is 2.12 bits per heavy atom. The van der Waals surface area contributed by atoms with Gasteiger partial charge in [-0.1, -0.05) is 74.5 Å². The maximum absolute atomic E-state index is 12.5. The molecule has 3 N–H and O–H groups in total. The Balaban J connectivity index is 2.08. The molecule has 0 saturated heterocycles. The number of urea groups is 1. The number of carbonyl (C=O) groups excluding carboxylic acids is 2. The normalized spacial score (nSPS) is 12.7. The molecule has 0 spiro atoms. The van der Waals surface area contributed by atoms with Crippen molar-refractivity contribution in [2.75, 3.05) is 19.6 Å². The SMILES string of the molecule is CCNC(=O)N(CC(C)C)C[C@@H](O)[C@H](Cc1ccccc1)NC(=O)OCc1ccccc1. The highest BCUT2D eigenvalue weighted by Gasteiger charge is 2.27. The predicted molar refractivity (Wildman–Crippen MR) is 125 cm³/mol. The van der Waals surface area contributed by atoms with Crippen LogP contribution in [0.15, 0.2) is 60.7 Å². The zero-order valence-electron chi connectivity index (χ0n) is 19.2. The fourth-order valence-corrected chi connectivity index (χ4v) is 3.36. The number of benzene rings is 2. The molecule has 0 saturated carbocycles. The number of aliphatic hydroxyl groups excluding tert-OH is 1. The summed E-state index contributed by atoms with van der Waals surface area (Å²) < 4.78 is 5.35. The number of nitrogens with one attached hydrogen (secondary N) is 2. The zero-order valence-corrected chi connectivity index (χ0v) is 19.2. The fraction of sp³-hybridized carbons (Fsp3) is 0.440. The lowest BCUT2D eigenvalue weighted by molar-refractivity contribution is 0.0761. The predicted octanol–water partition coefficient (Wildman–Crippen LogP) is 3.57. The minimum Gasteiger partial charge on any atom is -0.445 e. The van der Waals surface area contributed by atoms with Crippen molar-refractivity contribution in [3.63, 3.8) is 0 Å². The molecule has 2 atom stereocenters. The van der Waals surface area contributed by atoms with Gasteiger partial charge in [0.05, 0.1) is 18.7 Å². The molecule has 0 aliphatic carbocycles. The Labute approximate surface area is 190 Å². The Bertz CT molecular complexity index is 814. The summed E-state index contributed by atoms with van der Waals surface area (Å²) in [4.78, 5) is 26.5. The highest BCUT2D eigenvalue weighted by Crippen LogP contribution is 2.10. The summed E-state index contributed by atoms with van der Waals surface area (Å²) in [5, 5.41) is 16.6. The molecule has 0 aliphatic heterocycles. The molecule has 2 rings (SSSR count). The van der Waals surface area contributed by atoms with E-state index < -0.39 is 18.2 Å². The van der Waals surface area contributed by atoms with E-state index in [2.05, 4.69) is 10.6 Å². The molecule has 0 aromatic heterocycles. The van der Waals surface area contributed by atoms with Gasteiger partial charge in [0.1, 0.15) is 6.61 Å². The Hall–Kier alpha value is -3.06. The third-order valence-electron chi connectivity index (χ3n) is 4.89. The lowest BCUT2D eigenvalue weighted by atomic mass is 10.0. The second kappa shape index (κ2) is 13.4. The molecule has 32 heavy (non-hydrogen) atoms. The molecule has 7 heteroatoms. The summed E-state index contributed by atoms with van der Waals surface area (Å²) in [7, 11) is 0. The van der Waals surface area contributed by atoms with Crippen molar-refractivity contribution in [1.82, 2.24) is 15.5 Å². The third-order valence-corrected chi connectivity index (χ3v) is 4.89. The van der Waals surface area contributed by atoms with E-state index in [4.69, 9.17) is 4.74 Å². The van der Waals surface area contributed by atoms with E-state index >= 15 is 0 Å². The molecule has 2 aromatic carbocycles. The van der Waals surface area contributed by atoms with Crippen LogP contribution in [0.2, 0.25) is 0 Å². The molecule has 7 nitrogen and oxygen atoms in total. The van der Waals surface area contributed by atoms with Crippen molar-refractivity contribution < 1.29 is 19.4 Å². The first-order valence-corrected chi connectivity index (χ1v) is 11.1. The Kier molecular flexibility index (Phi) is 10.5. The Morgan fingerprint density at radius 1 is 0.969 bits per heavy atom. The molecule has 174 valence electrons. The first-order chi connectivity index (χ1) is 15.4. The van der Waals surface area contributed by atoms with E-state index in [0.29, 0.717) is 19.5 Å². The number of hydrogen-bond donors (Lipinski definition) is 3. The average Bonchev–Trinajstić information content (AvgIpc) is 2.78. The number of aliphatic hydroxyl groups is 1. The van der Waals surface area contributed by atoms with E-state index in [9.17, 15) is 14.7 Å². The number of rotatable bonds is 11. The Morgan fingerprint density at radius 2 is 1.56 bits per heavy atom. The van der Waals surface area contributed by atoms with Crippen molar-refractivity contribution >= 4 is 12.1 Å². The molecule has 0 radical (unpaired) electrons. The van der Waals surface area contributed by atoms with Crippen molar-refractivity contribution in [3.8, 4) is 0 Å². The number of ether oxygens (including phenoxy) is 1. The minimum atomic E-state index is -0.971. The van der Waals surface area contributed by atoms with Crippen LogP contribution in [-0.2, 0) is 17.8 Å². The minimum absolute atomic E-state index is 0.0977. The zero-order chi connectivity index (χ0) is 23.3. The average molecular weight is 442 g/mol. The number of carbonyl (C=O) groups is 2. The number of amides is 3. The fourth-order valence-electron chi connectivity index (χ4n) is 3.36. The standard InChI is InChI=1S/C25H35N3O4/c1-4-26-24(30)28(16-19(2)3)17-23(29)22(15-20-11-7-5-8-12-20)27-25(31)32-18-21-13-9-6-10-14-21/h5-14,19,22-23,29H,4,15-18H2,1-3H3,(H,26,30)(H,27,31)/t22-,23+/m0/s1. The van der Waals surface area contributed by atoms with Crippen LogP contribution in [0.25, 0.3) is 0 Å². The van der Waals surface area contributed by atoms with Crippen LogP contribution in [0.5, 0.6) is 0 Å². The molecule has 3 amide bonds. The first-order valence-electron chi connectivity index (χ1n) is 11.1. The molecular weight excluding hydrogens is 406 g/mol. The van der Waals surface area contributed by atoms with E-state index in [-0.39, 0.29) is 25.1 Å². The quantitative estimate of drug-likeness (QED) is 0.497. The van der Waals surface area contributed by atoms with Gasteiger partial charge in [-0.15, -0.1) is 0 Å². The highest BCUT2D eigenvalue weighted by molar-refractivity contribution is 5.74. The van der Waals surface area contributed by atoms with E-state index in [1.165, 1.54) is 0 Å². The van der Waals surface area contributed by atoms with Crippen molar-refractivity contribution in [2.24, 2.45) is 5.92 Å². The summed E-state index contributed by atoms with van der Waals surface area (Å²) in [6.45, 7) is 7.11. The van der Waals surface area contributed by atoms with Gasteiger partial charge in [-0.25, -0.2) is 9.59 Å². The van der Waals surface area contributed by atoms with Gasteiger partial charge in [0.15, 0.2) is 0 Å². The van der Waals surface area contributed by atoms with Gasteiger partial charge in [0.2, 0.25) is 0 Å². The topological polar surface area (TPSA) is 90.9 Å². The summed E-state index contributed by atoms with van der Waals surface area (Å²) >= 11 is 0. The maximum atomic E-state index is 12.5.